The molecule has 124 valence electrons. The van der Waals surface area contributed by atoms with Gasteiger partial charge in [0.1, 0.15) is 5.03 Å². The number of carbonyl (C=O) groups excluding carboxylic acids is 2. The van der Waals surface area contributed by atoms with Crippen LogP contribution in [0.4, 0.5) is 5.69 Å². The van der Waals surface area contributed by atoms with Crippen molar-refractivity contribution in [2.45, 2.75) is 30.0 Å². The lowest BCUT2D eigenvalue weighted by molar-refractivity contribution is -0.136. The fourth-order valence-electron chi connectivity index (χ4n) is 2.84. The molecule has 1 unspecified atom stereocenters. The highest BCUT2D eigenvalue weighted by Crippen LogP contribution is 2.38. The van der Waals surface area contributed by atoms with Crippen LogP contribution in [0.2, 0.25) is 0 Å². The predicted octanol–water partition coefficient (Wildman–Crippen LogP) is 1.55. The van der Waals surface area contributed by atoms with Gasteiger partial charge in [-0.05, 0) is 18.6 Å². The lowest BCUT2D eigenvalue weighted by Gasteiger charge is -2.34. The Kier molecular flexibility index (Phi) is 5.17. The van der Waals surface area contributed by atoms with E-state index in [1.165, 1.54) is 11.8 Å². The van der Waals surface area contributed by atoms with Crippen LogP contribution in [0.3, 0.4) is 0 Å². The first kappa shape index (κ1) is 16.3. The molecule has 3 rings (SSSR count). The molecule has 23 heavy (non-hydrogen) atoms. The van der Waals surface area contributed by atoms with Crippen LogP contribution in [-0.4, -0.2) is 59.8 Å². The number of rotatable bonds is 4. The highest BCUT2D eigenvalue weighted by atomic mass is 32.2. The van der Waals surface area contributed by atoms with Gasteiger partial charge in [-0.3, -0.25) is 9.59 Å². The third-order valence-corrected chi connectivity index (χ3v) is 5.20. The number of nitrogens with zero attached hydrogens (tertiary/aromatic N) is 3. The number of thioether (sulfide) groups is 1. The Bertz CT molecular complexity index is 590. The van der Waals surface area contributed by atoms with Crippen LogP contribution in [0, 0.1) is 0 Å². The minimum Gasteiger partial charge on any atom is -0.378 e. The van der Waals surface area contributed by atoms with Crippen LogP contribution in [0.5, 0.6) is 0 Å². The summed E-state index contributed by atoms with van der Waals surface area (Å²) in [5, 5.41) is 0.444. The molecule has 2 aliphatic rings. The average molecular weight is 335 g/mol. The smallest absolute Gasteiger partial charge is 0.241 e. The normalized spacial score (nSPS) is 21.3. The molecule has 7 heteroatoms. The molecule has 1 saturated heterocycles. The maximum atomic E-state index is 12.8. The number of anilines is 1. The molecule has 0 aliphatic carbocycles. The largest absolute Gasteiger partial charge is 0.378 e. The van der Waals surface area contributed by atoms with Gasteiger partial charge in [0.15, 0.2) is 0 Å². The van der Waals surface area contributed by atoms with Crippen molar-refractivity contribution < 1.29 is 14.3 Å². The zero-order valence-electron chi connectivity index (χ0n) is 13.2. The second-order valence-corrected chi connectivity index (χ2v) is 6.81. The molecule has 0 spiro atoms. The average Bonchev–Trinajstić information content (AvgIpc) is 2.59. The zero-order chi connectivity index (χ0) is 16.2. The number of aromatic nitrogens is 1. The molecular formula is C16H21N3O3S. The van der Waals surface area contributed by atoms with Gasteiger partial charge >= 0.3 is 0 Å². The Balaban J connectivity index is 1.75. The van der Waals surface area contributed by atoms with Crippen molar-refractivity contribution >= 4 is 29.3 Å². The topological polar surface area (TPSA) is 62.7 Å². The maximum Gasteiger partial charge on any atom is 0.241 e. The van der Waals surface area contributed by atoms with E-state index in [1.807, 2.05) is 19.1 Å². The Hall–Kier alpha value is -1.60. The van der Waals surface area contributed by atoms with Crippen molar-refractivity contribution in [2.75, 3.05) is 37.7 Å². The Morgan fingerprint density at radius 2 is 2.22 bits per heavy atom. The van der Waals surface area contributed by atoms with Gasteiger partial charge in [-0.1, -0.05) is 18.7 Å². The summed E-state index contributed by atoms with van der Waals surface area (Å²) in [6.07, 6.45) is 2.82. The number of carbonyl (C=O) groups is 2. The van der Waals surface area contributed by atoms with E-state index >= 15 is 0 Å². The Morgan fingerprint density at radius 3 is 2.96 bits per heavy atom. The third-order valence-electron chi connectivity index (χ3n) is 4.01. The van der Waals surface area contributed by atoms with Crippen molar-refractivity contribution in [1.82, 2.24) is 9.88 Å². The molecule has 0 N–H and O–H groups in total. The monoisotopic (exact) mass is 335 g/mol. The molecule has 0 aromatic carbocycles. The molecule has 2 aliphatic heterocycles. The molecule has 1 fully saturated rings. The van der Waals surface area contributed by atoms with Crippen molar-refractivity contribution in [3.63, 3.8) is 0 Å². The van der Waals surface area contributed by atoms with E-state index in [0.29, 0.717) is 32.8 Å². The van der Waals surface area contributed by atoms with Crippen LogP contribution in [0.15, 0.2) is 23.4 Å². The Morgan fingerprint density at radius 1 is 1.43 bits per heavy atom. The molecule has 0 saturated carbocycles. The fourth-order valence-corrected chi connectivity index (χ4v) is 3.98. The number of fused-ring (bicyclic) bond motifs is 1. The van der Waals surface area contributed by atoms with Crippen LogP contribution in [0.1, 0.15) is 19.8 Å². The van der Waals surface area contributed by atoms with Gasteiger partial charge in [-0.2, -0.15) is 0 Å². The number of ether oxygens (including phenoxy) is 1. The molecule has 1 aromatic heterocycles. The summed E-state index contributed by atoms with van der Waals surface area (Å²) >= 11 is 1.41. The molecule has 6 nitrogen and oxygen atoms in total. The number of hydrogen-bond acceptors (Lipinski definition) is 5. The number of morpholine rings is 1. The van der Waals surface area contributed by atoms with Crippen LogP contribution in [-0.2, 0) is 14.3 Å². The van der Waals surface area contributed by atoms with Gasteiger partial charge in [0, 0.05) is 32.3 Å². The van der Waals surface area contributed by atoms with Gasteiger partial charge in [-0.15, -0.1) is 0 Å². The molecule has 1 aromatic rings. The first-order valence-electron chi connectivity index (χ1n) is 7.99. The van der Waals surface area contributed by atoms with Crippen molar-refractivity contribution in [1.29, 1.82) is 0 Å². The summed E-state index contributed by atoms with van der Waals surface area (Å²) in [5.74, 6) is 0.0361. The first-order valence-corrected chi connectivity index (χ1v) is 8.87. The number of amides is 2. The second-order valence-electron chi connectivity index (χ2n) is 5.62. The van der Waals surface area contributed by atoms with Gasteiger partial charge in [-0.25, -0.2) is 4.98 Å². The summed E-state index contributed by atoms with van der Waals surface area (Å²) in [6.45, 7) is 5.06. The molecule has 0 bridgehead atoms. The van der Waals surface area contributed by atoms with E-state index < -0.39 is 0 Å². The molecule has 1 atom stereocenters. The summed E-state index contributed by atoms with van der Waals surface area (Å²) in [6, 6.07) is 3.76. The van der Waals surface area contributed by atoms with Gasteiger partial charge in [0.25, 0.3) is 0 Å². The summed E-state index contributed by atoms with van der Waals surface area (Å²) < 4.78 is 5.27. The zero-order valence-corrected chi connectivity index (χ0v) is 14.1. The molecule has 3 heterocycles. The van der Waals surface area contributed by atoms with Crippen molar-refractivity contribution in [3.05, 3.63) is 18.3 Å². The van der Waals surface area contributed by atoms with E-state index in [4.69, 9.17) is 4.74 Å². The lowest BCUT2D eigenvalue weighted by atomic mass is 10.2. The van der Waals surface area contributed by atoms with Crippen LogP contribution < -0.4 is 4.90 Å². The summed E-state index contributed by atoms with van der Waals surface area (Å²) in [7, 11) is 0. The minimum atomic E-state index is -0.390. The van der Waals surface area contributed by atoms with E-state index in [2.05, 4.69) is 4.98 Å². The highest BCUT2D eigenvalue weighted by molar-refractivity contribution is 8.00. The lowest BCUT2D eigenvalue weighted by Crippen LogP contribution is -2.46. The maximum absolute atomic E-state index is 12.8. The molecular weight excluding hydrogens is 314 g/mol. The summed E-state index contributed by atoms with van der Waals surface area (Å²) in [5.41, 5.74) is 0.861. The number of pyridine rings is 1. The quantitative estimate of drug-likeness (QED) is 0.835. The molecule has 2 amide bonds. The number of hydrogen-bond donors (Lipinski definition) is 0. The second kappa shape index (κ2) is 7.31. The highest BCUT2D eigenvalue weighted by Gasteiger charge is 2.36. The third kappa shape index (κ3) is 3.50. The molecule has 0 radical (unpaired) electrons. The van der Waals surface area contributed by atoms with Crippen molar-refractivity contribution in [2.24, 2.45) is 0 Å². The van der Waals surface area contributed by atoms with E-state index in [-0.39, 0.29) is 23.5 Å². The standard InChI is InChI=1S/C16H21N3O3S/c1-2-6-19-12-4-3-5-17-15(12)23-13(16(19)21)11-14(20)18-7-9-22-10-8-18/h3-5,13H,2,6-11H2,1H3. The van der Waals surface area contributed by atoms with E-state index in [1.54, 1.807) is 16.0 Å². The van der Waals surface area contributed by atoms with Crippen LogP contribution >= 0.6 is 11.8 Å². The van der Waals surface area contributed by atoms with E-state index in [9.17, 15) is 9.59 Å². The SMILES string of the molecule is CCCN1C(=O)C(CC(=O)N2CCOCC2)Sc2ncccc21. The van der Waals surface area contributed by atoms with Gasteiger partial charge in [0.2, 0.25) is 11.8 Å². The summed E-state index contributed by atoms with van der Waals surface area (Å²) in [4.78, 5) is 33.2. The minimum absolute atomic E-state index is 0.0129. The van der Waals surface area contributed by atoms with Gasteiger partial charge < -0.3 is 14.5 Å². The fraction of sp³-hybridized carbons (Fsp3) is 0.562. The Labute approximate surface area is 140 Å². The van der Waals surface area contributed by atoms with E-state index in [0.717, 1.165) is 17.1 Å². The first-order chi connectivity index (χ1) is 11.2. The van der Waals surface area contributed by atoms with Gasteiger partial charge in [0.05, 0.1) is 24.2 Å². The van der Waals surface area contributed by atoms with Crippen LogP contribution in [0.25, 0.3) is 0 Å². The van der Waals surface area contributed by atoms with Crippen molar-refractivity contribution in [3.8, 4) is 0 Å². The predicted molar refractivity (Wildman–Crippen MR) is 88.5 cm³/mol.